The number of piperidine rings is 1. The monoisotopic (exact) mass is 492 g/mol. The van der Waals surface area contributed by atoms with Crippen LogP contribution < -0.4 is 10.2 Å². The Morgan fingerprint density at radius 1 is 0.944 bits per heavy atom. The maximum absolute atomic E-state index is 13.3. The summed E-state index contributed by atoms with van der Waals surface area (Å²) in [7, 11) is 2.16. The van der Waals surface area contributed by atoms with Crippen molar-refractivity contribution in [3.8, 4) is 0 Å². The van der Waals surface area contributed by atoms with Crippen LogP contribution in [0.2, 0.25) is 0 Å². The van der Waals surface area contributed by atoms with Crippen molar-refractivity contribution in [2.75, 3.05) is 38.1 Å². The van der Waals surface area contributed by atoms with Gasteiger partial charge in [0.05, 0.1) is 5.69 Å². The zero-order valence-electron chi connectivity index (χ0n) is 22.0. The zero-order chi connectivity index (χ0) is 25.7. The van der Waals surface area contributed by atoms with Crippen molar-refractivity contribution < 1.29 is 14.4 Å². The first-order valence-electron chi connectivity index (χ1n) is 13.6. The first kappa shape index (κ1) is 26.3. The van der Waals surface area contributed by atoms with E-state index in [1.54, 1.807) is 4.90 Å². The van der Waals surface area contributed by atoms with Gasteiger partial charge in [0.2, 0.25) is 11.8 Å². The number of unbranched alkanes of at least 4 members (excludes halogenated alkanes) is 4. The molecule has 0 aromatic heterocycles. The van der Waals surface area contributed by atoms with Crippen LogP contribution in [0.4, 0.5) is 5.69 Å². The van der Waals surface area contributed by atoms with Gasteiger partial charge in [0.25, 0.3) is 5.91 Å². The fourth-order valence-electron chi connectivity index (χ4n) is 5.60. The number of nitrogens with zero attached hydrogens (tertiary/aromatic N) is 3. The second-order valence-corrected chi connectivity index (χ2v) is 10.1. The minimum absolute atomic E-state index is 0.156. The van der Waals surface area contributed by atoms with Crippen LogP contribution in [0, 0.1) is 0 Å². The molecule has 36 heavy (non-hydrogen) atoms. The van der Waals surface area contributed by atoms with E-state index in [1.165, 1.54) is 44.2 Å². The molecule has 0 bridgehead atoms. The Kier molecular flexibility index (Phi) is 8.75. The summed E-state index contributed by atoms with van der Waals surface area (Å²) in [4.78, 5) is 43.9. The summed E-state index contributed by atoms with van der Waals surface area (Å²) in [5.74, 6) is -0.822. The Bertz CT molecular complexity index is 1110. The van der Waals surface area contributed by atoms with Crippen molar-refractivity contribution in [1.82, 2.24) is 15.1 Å². The van der Waals surface area contributed by atoms with E-state index in [9.17, 15) is 14.4 Å². The molecule has 1 N–H and O–H groups in total. The average molecular weight is 493 g/mol. The molecule has 194 valence electrons. The molecule has 2 aliphatic heterocycles. The molecule has 7 nitrogen and oxygen atoms in total. The molecule has 1 unspecified atom stereocenters. The molecular formula is C29H40N4O3. The van der Waals surface area contributed by atoms with Crippen LogP contribution in [0.5, 0.6) is 0 Å². The van der Waals surface area contributed by atoms with Gasteiger partial charge in [-0.1, -0.05) is 51.3 Å². The quantitative estimate of drug-likeness (QED) is 0.333. The Morgan fingerprint density at radius 3 is 2.39 bits per heavy atom. The summed E-state index contributed by atoms with van der Waals surface area (Å²) >= 11 is 0. The molecule has 0 spiro atoms. The van der Waals surface area contributed by atoms with Crippen LogP contribution in [-0.2, 0) is 16.1 Å². The summed E-state index contributed by atoms with van der Waals surface area (Å²) in [5.41, 5.74) is 2.60. The van der Waals surface area contributed by atoms with E-state index in [-0.39, 0.29) is 18.2 Å². The lowest BCUT2D eigenvalue weighted by Gasteiger charge is -2.30. The topological polar surface area (TPSA) is 73.0 Å². The van der Waals surface area contributed by atoms with Crippen LogP contribution in [-0.4, -0.2) is 66.8 Å². The van der Waals surface area contributed by atoms with E-state index in [0.29, 0.717) is 12.0 Å². The Hall–Kier alpha value is -2.77. The van der Waals surface area contributed by atoms with Gasteiger partial charge in [0.15, 0.2) is 0 Å². The summed E-state index contributed by atoms with van der Waals surface area (Å²) in [5, 5.41) is 4.38. The number of nitrogens with one attached hydrogen (secondary N) is 1. The maximum Gasteiger partial charge on any atom is 0.259 e. The van der Waals surface area contributed by atoms with Crippen LogP contribution in [0.3, 0.4) is 0 Å². The maximum atomic E-state index is 13.3. The molecule has 2 aromatic rings. The van der Waals surface area contributed by atoms with E-state index in [1.807, 2.05) is 18.2 Å². The lowest BCUT2D eigenvalue weighted by atomic mass is 9.99. The summed E-state index contributed by atoms with van der Waals surface area (Å²) in [6, 6.07) is 9.25. The molecule has 2 aromatic carbocycles. The lowest BCUT2D eigenvalue weighted by molar-refractivity contribution is -0.134. The normalized spacial score (nSPS) is 17.6. The minimum Gasteiger partial charge on any atom is -0.304 e. The van der Waals surface area contributed by atoms with Gasteiger partial charge in [-0.2, -0.15) is 0 Å². The number of anilines is 1. The molecule has 3 amide bonds. The highest BCUT2D eigenvalue weighted by molar-refractivity contribution is 6.27. The second-order valence-electron chi connectivity index (χ2n) is 10.1. The summed E-state index contributed by atoms with van der Waals surface area (Å²) in [6.07, 6.45) is 6.91. The van der Waals surface area contributed by atoms with Crippen molar-refractivity contribution in [3.63, 3.8) is 0 Å². The van der Waals surface area contributed by atoms with Crippen LogP contribution in [0.15, 0.2) is 30.3 Å². The van der Waals surface area contributed by atoms with Gasteiger partial charge in [-0.25, -0.2) is 0 Å². The smallest absolute Gasteiger partial charge is 0.259 e. The highest BCUT2D eigenvalue weighted by Gasteiger charge is 2.40. The number of carbonyl (C=O) groups is 3. The molecule has 1 atom stereocenters. The number of rotatable bonds is 13. The molecule has 0 radical (unpaired) electrons. The van der Waals surface area contributed by atoms with Crippen molar-refractivity contribution in [2.45, 2.75) is 71.4 Å². The van der Waals surface area contributed by atoms with Gasteiger partial charge >= 0.3 is 0 Å². The van der Waals surface area contributed by atoms with Gasteiger partial charge in [-0.3, -0.25) is 24.6 Å². The number of carbonyl (C=O) groups excluding carboxylic acids is 3. The number of benzene rings is 2. The van der Waals surface area contributed by atoms with Gasteiger partial charge in [0, 0.05) is 23.9 Å². The Labute approximate surface area is 214 Å². The third-order valence-corrected chi connectivity index (χ3v) is 7.69. The minimum atomic E-state index is -0.647. The van der Waals surface area contributed by atoms with Crippen molar-refractivity contribution >= 4 is 34.2 Å². The van der Waals surface area contributed by atoms with Gasteiger partial charge in [-0.15, -0.1) is 0 Å². The summed E-state index contributed by atoms with van der Waals surface area (Å²) < 4.78 is 0. The molecule has 2 aliphatic rings. The van der Waals surface area contributed by atoms with Crippen molar-refractivity contribution in [2.24, 2.45) is 0 Å². The van der Waals surface area contributed by atoms with Crippen LogP contribution in [0.25, 0.3) is 10.8 Å². The zero-order valence-corrected chi connectivity index (χ0v) is 22.0. The highest BCUT2D eigenvalue weighted by atomic mass is 16.2. The number of hydrogen-bond acceptors (Lipinski definition) is 5. The third kappa shape index (κ3) is 5.62. The predicted octanol–water partition coefficient (Wildman–Crippen LogP) is 4.33. The van der Waals surface area contributed by atoms with Crippen LogP contribution in [0.1, 0.15) is 74.7 Å². The number of hydrogen-bond donors (Lipinski definition) is 1. The van der Waals surface area contributed by atoms with Gasteiger partial charge in [0.1, 0.15) is 6.04 Å². The molecule has 1 saturated heterocycles. The molecule has 1 fully saturated rings. The third-order valence-electron chi connectivity index (χ3n) is 7.69. The first-order chi connectivity index (χ1) is 17.4. The molecule has 0 saturated carbocycles. The predicted molar refractivity (Wildman–Crippen MR) is 144 cm³/mol. The first-order valence-corrected chi connectivity index (χ1v) is 13.6. The summed E-state index contributed by atoms with van der Waals surface area (Å²) in [6.45, 7) is 9.81. The molecule has 4 rings (SSSR count). The second kappa shape index (κ2) is 12.0. The number of imide groups is 1. The fourth-order valence-corrected chi connectivity index (χ4v) is 5.60. The lowest BCUT2D eigenvalue weighted by Crippen LogP contribution is -2.53. The van der Waals surface area contributed by atoms with Gasteiger partial charge in [-0.05, 0) is 75.6 Å². The van der Waals surface area contributed by atoms with E-state index in [0.717, 1.165) is 42.6 Å². The van der Waals surface area contributed by atoms with E-state index < -0.39 is 11.9 Å². The van der Waals surface area contributed by atoms with E-state index >= 15 is 0 Å². The standard InChI is InChI=1S/C29H40N4O3/c1-4-32(5-2)19-10-8-6-7-9-18-31(3)20-21-14-15-24-27-22(21)12-11-13-23(27)29(36)33(24)25-16-17-26(34)30-28(25)35/h11-15,25H,4-10,16-20H2,1-3H3,(H,30,34,35). The average Bonchev–Trinajstić information content (AvgIpc) is 3.15. The molecule has 0 aliphatic carbocycles. The SMILES string of the molecule is CCN(CC)CCCCCCCN(C)Cc1ccc2c3c(cccc13)C(=O)N2C1CCC(=O)NC1=O. The Balaban J connectivity index is 1.36. The highest BCUT2D eigenvalue weighted by Crippen LogP contribution is 2.41. The molecule has 2 heterocycles. The molecule has 7 heteroatoms. The largest absolute Gasteiger partial charge is 0.304 e. The molecular weight excluding hydrogens is 452 g/mol. The number of amides is 3. The van der Waals surface area contributed by atoms with Gasteiger partial charge < -0.3 is 9.80 Å². The van der Waals surface area contributed by atoms with E-state index in [2.05, 4.69) is 48.1 Å². The van der Waals surface area contributed by atoms with E-state index in [4.69, 9.17) is 0 Å². The fraction of sp³-hybridized carbons (Fsp3) is 0.552. The Morgan fingerprint density at radius 2 is 1.67 bits per heavy atom. The van der Waals surface area contributed by atoms with Crippen molar-refractivity contribution in [3.05, 3.63) is 41.5 Å². The van der Waals surface area contributed by atoms with Crippen LogP contribution >= 0.6 is 0 Å². The van der Waals surface area contributed by atoms with Crippen molar-refractivity contribution in [1.29, 1.82) is 0 Å².